The van der Waals surface area contributed by atoms with Crippen molar-refractivity contribution in [2.75, 3.05) is 19.0 Å². The van der Waals surface area contributed by atoms with Gasteiger partial charge in [-0.15, -0.1) is 0 Å². The summed E-state index contributed by atoms with van der Waals surface area (Å²) in [6.45, 7) is 0.805. The van der Waals surface area contributed by atoms with E-state index < -0.39 is 11.6 Å². The molecule has 9 heteroatoms. The van der Waals surface area contributed by atoms with Gasteiger partial charge in [0.05, 0.1) is 6.54 Å². The molecule has 1 N–H and O–H groups in total. The van der Waals surface area contributed by atoms with Crippen LogP contribution < -0.4 is 10.1 Å². The topological polar surface area (TPSA) is 77.8 Å². The van der Waals surface area contributed by atoms with Gasteiger partial charge in [0.1, 0.15) is 23.7 Å². The number of pyridine rings is 1. The van der Waals surface area contributed by atoms with Crippen molar-refractivity contribution >= 4 is 16.7 Å². The zero-order valence-corrected chi connectivity index (χ0v) is 18.2. The standard InChI is InChI=1S/C25H20F2N6O/c1-28-25-19-13-17(18-6-2-7-20(26)22(18)27)14-21(34-12-11-33-10-4-9-30-33)23(19)31-24(32-25)16-5-3-8-29-15-16/h2-10,13-15H,11-12H2,1H3,(H,28,31,32). The average Bonchev–Trinajstić information content (AvgIpc) is 3.39. The molecule has 3 aromatic heterocycles. The third-order valence-electron chi connectivity index (χ3n) is 5.32. The molecule has 0 unspecified atom stereocenters. The molecule has 0 fully saturated rings. The van der Waals surface area contributed by atoms with Crippen LogP contribution in [0.4, 0.5) is 14.6 Å². The molecule has 0 radical (unpaired) electrons. The molecule has 0 spiro atoms. The minimum atomic E-state index is -0.928. The number of rotatable bonds is 7. The van der Waals surface area contributed by atoms with E-state index in [2.05, 4.69) is 20.4 Å². The van der Waals surface area contributed by atoms with E-state index in [4.69, 9.17) is 9.72 Å². The molecule has 0 aliphatic rings. The van der Waals surface area contributed by atoms with Gasteiger partial charge in [-0.05, 0) is 42.0 Å². The van der Waals surface area contributed by atoms with E-state index in [-0.39, 0.29) is 5.56 Å². The summed E-state index contributed by atoms with van der Waals surface area (Å²) >= 11 is 0. The molecule has 34 heavy (non-hydrogen) atoms. The van der Waals surface area contributed by atoms with Crippen LogP contribution in [0.2, 0.25) is 0 Å². The van der Waals surface area contributed by atoms with Gasteiger partial charge < -0.3 is 10.1 Å². The fourth-order valence-electron chi connectivity index (χ4n) is 3.69. The average molecular weight is 458 g/mol. The van der Waals surface area contributed by atoms with E-state index in [9.17, 15) is 8.78 Å². The fourth-order valence-corrected chi connectivity index (χ4v) is 3.69. The lowest BCUT2D eigenvalue weighted by atomic mass is 10.0. The summed E-state index contributed by atoms with van der Waals surface area (Å²) in [6, 6.07) is 13.0. The number of hydrogen-bond acceptors (Lipinski definition) is 6. The molecule has 0 aliphatic carbocycles. The van der Waals surface area contributed by atoms with Gasteiger partial charge in [0, 0.05) is 48.3 Å². The van der Waals surface area contributed by atoms with Crippen LogP contribution >= 0.6 is 0 Å². The third-order valence-corrected chi connectivity index (χ3v) is 5.32. The molecular weight excluding hydrogens is 438 g/mol. The van der Waals surface area contributed by atoms with Gasteiger partial charge in [0.15, 0.2) is 17.5 Å². The van der Waals surface area contributed by atoms with Crippen molar-refractivity contribution in [3.63, 3.8) is 0 Å². The summed E-state index contributed by atoms with van der Waals surface area (Å²) in [5.74, 6) is -0.433. The maximum atomic E-state index is 14.6. The van der Waals surface area contributed by atoms with Crippen molar-refractivity contribution in [2.24, 2.45) is 0 Å². The third kappa shape index (κ3) is 4.15. The fraction of sp³-hybridized carbons (Fsp3) is 0.120. The number of nitrogens with one attached hydrogen (secondary N) is 1. The van der Waals surface area contributed by atoms with Crippen LogP contribution in [0.5, 0.6) is 5.75 Å². The number of ether oxygens (including phenoxy) is 1. The summed E-state index contributed by atoms with van der Waals surface area (Å²) in [5.41, 5.74) is 1.85. The lowest BCUT2D eigenvalue weighted by Gasteiger charge is -2.15. The summed E-state index contributed by atoms with van der Waals surface area (Å²) in [6.07, 6.45) is 6.87. The Morgan fingerprint density at radius 1 is 1.00 bits per heavy atom. The zero-order valence-electron chi connectivity index (χ0n) is 18.2. The van der Waals surface area contributed by atoms with E-state index >= 15 is 0 Å². The van der Waals surface area contributed by atoms with Gasteiger partial charge in [0.25, 0.3) is 0 Å². The highest BCUT2D eigenvalue weighted by Crippen LogP contribution is 2.37. The van der Waals surface area contributed by atoms with Crippen molar-refractivity contribution < 1.29 is 13.5 Å². The second kappa shape index (κ2) is 9.22. The second-order valence-electron chi connectivity index (χ2n) is 7.48. The first-order valence-corrected chi connectivity index (χ1v) is 10.6. The van der Waals surface area contributed by atoms with E-state index in [1.807, 2.05) is 18.3 Å². The summed E-state index contributed by atoms with van der Waals surface area (Å²) in [7, 11) is 1.74. The van der Waals surface area contributed by atoms with Crippen LogP contribution in [-0.2, 0) is 6.54 Å². The molecule has 5 rings (SSSR count). The molecule has 0 saturated carbocycles. The predicted octanol–water partition coefficient (Wildman–Crippen LogP) is 4.95. The number of aromatic nitrogens is 5. The van der Waals surface area contributed by atoms with E-state index in [0.717, 1.165) is 11.6 Å². The van der Waals surface area contributed by atoms with Crippen LogP contribution in [-0.4, -0.2) is 38.4 Å². The lowest BCUT2D eigenvalue weighted by Crippen LogP contribution is -2.09. The molecule has 0 bridgehead atoms. The first-order chi connectivity index (χ1) is 16.6. The smallest absolute Gasteiger partial charge is 0.166 e. The molecular formula is C25H20F2N6O. The van der Waals surface area contributed by atoms with Crippen LogP contribution in [0.3, 0.4) is 0 Å². The monoisotopic (exact) mass is 458 g/mol. The van der Waals surface area contributed by atoms with Crippen molar-refractivity contribution in [1.82, 2.24) is 24.7 Å². The van der Waals surface area contributed by atoms with Crippen molar-refractivity contribution in [3.05, 3.63) is 85.0 Å². The Morgan fingerprint density at radius 3 is 2.68 bits per heavy atom. The Labute approximate surface area is 194 Å². The number of nitrogens with zero attached hydrogens (tertiary/aromatic N) is 5. The van der Waals surface area contributed by atoms with E-state index in [0.29, 0.717) is 47.0 Å². The molecule has 0 aliphatic heterocycles. The number of fused-ring (bicyclic) bond motifs is 1. The van der Waals surface area contributed by atoms with Crippen molar-refractivity contribution in [3.8, 4) is 28.3 Å². The van der Waals surface area contributed by atoms with Gasteiger partial charge in [-0.1, -0.05) is 12.1 Å². The Morgan fingerprint density at radius 2 is 1.91 bits per heavy atom. The Kier molecular flexibility index (Phi) is 5.82. The van der Waals surface area contributed by atoms with E-state index in [1.54, 1.807) is 48.5 Å². The Bertz CT molecular complexity index is 1440. The van der Waals surface area contributed by atoms with Crippen molar-refractivity contribution in [2.45, 2.75) is 6.54 Å². The molecule has 170 valence electrons. The van der Waals surface area contributed by atoms with Gasteiger partial charge in [-0.2, -0.15) is 5.10 Å². The summed E-state index contributed by atoms with van der Waals surface area (Å²) in [4.78, 5) is 13.5. The number of hydrogen-bond donors (Lipinski definition) is 1. The molecule has 0 saturated heterocycles. The highest BCUT2D eigenvalue weighted by atomic mass is 19.2. The van der Waals surface area contributed by atoms with Crippen LogP contribution in [0.25, 0.3) is 33.4 Å². The maximum absolute atomic E-state index is 14.6. The quantitative estimate of drug-likeness (QED) is 0.372. The predicted molar refractivity (Wildman–Crippen MR) is 125 cm³/mol. The molecule has 3 heterocycles. The SMILES string of the molecule is CNc1nc(-c2cccnc2)nc2c(OCCn3cccn3)cc(-c3cccc(F)c3F)cc12. The van der Waals surface area contributed by atoms with Crippen LogP contribution in [0.15, 0.2) is 73.3 Å². The zero-order chi connectivity index (χ0) is 23.5. The minimum absolute atomic E-state index is 0.122. The van der Waals surface area contributed by atoms with Crippen LogP contribution in [0.1, 0.15) is 0 Å². The van der Waals surface area contributed by atoms with Crippen molar-refractivity contribution in [1.29, 1.82) is 0 Å². The number of halogens is 2. The molecule has 7 nitrogen and oxygen atoms in total. The van der Waals surface area contributed by atoms with Gasteiger partial charge in [-0.3, -0.25) is 9.67 Å². The number of anilines is 1. The number of benzene rings is 2. The normalized spacial score (nSPS) is 11.0. The van der Waals surface area contributed by atoms with Gasteiger partial charge >= 0.3 is 0 Å². The highest BCUT2D eigenvalue weighted by Gasteiger charge is 2.18. The van der Waals surface area contributed by atoms with Gasteiger partial charge in [-0.25, -0.2) is 18.7 Å². The minimum Gasteiger partial charge on any atom is -0.489 e. The summed E-state index contributed by atoms with van der Waals surface area (Å²) < 4.78 is 36.5. The Balaban J connectivity index is 1.67. The van der Waals surface area contributed by atoms with E-state index in [1.165, 1.54) is 12.1 Å². The van der Waals surface area contributed by atoms with Gasteiger partial charge in [0.2, 0.25) is 0 Å². The first kappa shape index (κ1) is 21.4. The molecule has 0 amide bonds. The van der Waals surface area contributed by atoms with Crippen LogP contribution in [0, 0.1) is 11.6 Å². The Hall–Kier alpha value is -4.40. The molecule has 0 atom stereocenters. The molecule has 5 aromatic rings. The lowest BCUT2D eigenvalue weighted by molar-refractivity contribution is 0.294. The first-order valence-electron chi connectivity index (χ1n) is 10.6. The highest BCUT2D eigenvalue weighted by molar-refractivity contribution is 5.97. The maximum Gasteiger partial charge on any atom is 0.166 e. The largest absolute Gasteiger partial charge is 0.489 e. The molecule has 2 aromatic carbocycles. The second-order valence-corrected chi connectivity index (χ2v) is 7.48. The summed E-state index contributed by atoms with van der Waals surface area (Å²) in [5, 5.41) is 7.88.